The first-order valence-corrected chi connectivity index (χ1v) is 6.50. The molecule has 0 spiro atoms. The first-order valence-electron chi connectivity index (χ1n) is 6.50. The molecule has 2 N–H and O–H groups in total. The molecule has 1 aromatic carbocycles. The maximum absolute atomic E-state index is 12.1. The quantitative estimate of drug-likeness (QED) is 0.839. The molecule has 0 bridgehead atoms. The summed E-state index contributed by atoms with van der Waals surface area (Å²) in [7, 11) is 0. The zero-order valence-corrected chi connectivity index (χ0v) is 11.0. The number of aliphatic hydroxyl groups is 1. The van der Waals surface area contributed by atoms with E-state index in [1.807, 2.05) is 6.92 Å². The van der Waals surface area contributed by atoms with Crippen molar-refractivity contribution >= 4 is 5.91 Å². The third-order valence-electron chi connectivity index (χ3n) is 3.04. The van der Waals surface area contributed by atoms with Gasteiger partial charge in [-0.25, -0.2) is 0 Å². The highest BCUT2D eigenvalue weighted by Crippen LogP contribution is 2.33. The fraction of sp³-hybridized carbons (Fsp3) is 0.500. The Morgan fingerprint density at radius 3 is 3.00 bits per heavy atom. The number of hydrogen-bond donors (Lipinski definition) is 2. The summed E-state index contributed by atoms with van der Waals surface area (Å²) in [6.07, 6.45) is 0.673. The lowest BCUT2D eigenvalue weighted by Gasteiger charge is -2.21. The van der Waals surface area contributed by atoms with Crippen LogP contribution in [0.5, 0.6) is 11.5 Å². The Labute approximate surface area is 112 Å². The van der Waals surface area contributed by atoms with Gasteiger partial charge in [0.2, 0.25) is 0 Å². The van der Waals surface area contributed by atoms with Gasteiger partial charge in [0.05, 0.1) is 5.56 Å². The van der Waals surface area contributed by atoms with E-state index in [2.05, 4.69) is 5.32 Å². The average molecular weight is 265 g/mol. The third-order valence-corrected chi connectivity index (χ3v) is 3.04. The fourth-order valence-corrected chi connectivity index (χ4v) is 1.94. The van der Waals surface area contributed by atoms with Crippen LogP contribution in [-0.4, -0.2) is 37.4 Å². The predicted octanol–water partition coefficient (Wildman–Crippen LogP) is 1.21. The lowest BCUT2D eigenvalue weighted by molar-refractivity contribution is 0.0934. The Hall–Kier alpha value is -1.75. The summed E-state index contributed by atoms with van der Waals surface area (Å²) in [5.41, 5.74) is 0.494. The van der Waals surface area contributed by atoms with Crippen molar-refractivity contribution in [1.82, 2.24) is 5.32 Å². The second-order valence-corrected chi connectivity index (χ2v) is 4.66. The monoisotopic (exact) mass is 265 g/mol. The normalized spacial score (nSPS) is 14.8. The number of carbonyl (C=O) groups is 1. The lowest BCUT2D eigenvalue weighted by atomic mass is 10.1. The van der Waals surface area contributed by atoms with Gasteiger partial charge < -0.3 is 19.9 Å². The van der Waals surface area contributed by atoms with Crippen molar-refractivity contribution in [3.8, 4) is 11.5 Å². The number of para-hydroxylation sites is 1. The van der Waals surface area contributed by atoms with Gasteiger partial charge in [-0.2, -0.15) is 0 Å². The maximum atomic E-state index is 12.1. The smallest absolute Gasteiger partial charge is 0.255 e. The Kier molecular flexibility index (Phi) is 4.63. The summed E-state index contributed by atoms with van der Waals surface area (Å²) in [6.45, 7) is 3.61. The van der Waals surface area contributed by atoms with Crippen LogP contribution in [0.4, 0.5) is 0 Å². The zero-order valence-electron chi connectivity index (χ0n) is 11.0. The molecule has 19 heavy (non-hydrogen) atoms. The lowest BCUT2D eigenvalue weighted by Crippen LogP contribution is -2.29. The minimum Gasteiger partial charge on any atom is -0.486 e. The topological polar surface area (TPSA) is 67.8 Å². The number of amides is 1. The molecule has 0 aromatic heterocycles. The molecular formula is C14H19NO4. The van der Waals surface area contributed by atoms with Crippen molar-refractivity contribution in [1.29, 1.82) is 0 Å². The minimum atomic E-state index is -0.174. The van der Waals surface area contributed by atoms with Crippen LogP contribution < -0.4 is 14.8 Å². The van der Waals surface area contributed by atoms with E-state index in [-0.39, 0.29) is 18.4 Å². The number of fused-ring (bicyclic) bond motifs is 1. The number of rotatable bonds is 5. The second kappa shape index (κ2) is 6.43. The number of hydrogen-bond acceptors (Lipinski definition) is 4. The summed E-state index contributed by atoms with van der Waals surface area (Å²) in [4.78, 5) is 12.1. The standard InChI is InChI=1S/C14H19NO4/c1-10(5-6-16)9-15-14(17)11-3-2-4-12-13(11)19-8-7-18-12/h2-4,10,16H,5-9H2,1H3,(H,15,17). The van der Waals surface area contributed by atoms with E-state index in [0.717, 1.165) is 0 Å². The van der Waals surface area contributed by atoms with Gasteiger partial charge in [0.25, 0.3) is 5.91 Å². The molecule has 104 valence electrons. The highest BCUT2D eigenvalue weighted by Gasteiger charge is 2.20. The largest absolute Gasteiger partial charge is 0.486 e. The van der Waals surface area contributed by atoms with Crippen molar-refractivity contribution in [2.75, 3.05) is 26.4 Å². The average Bonchev–Trinajstić information content (AvgIpc) is 2.44. The summed E-state index contributed by atoms with van der Waals surface area (Å²) in [5.74, 6) is 1.20. The maximum Gasteiger partial charge on any atom is 0.255 e. The van der Waals surface area contributed by atoms with Crippen molar-refractivity contribution < 1.29 is 19.4 Å². The Morgan fingerprint density at radius 2 is 2.21 bits per heavy atom. The molecule has 0 fully saturated rings. The van der Waals surface area contributed by atoms with Crippen LogP contribution in [0.15, 0.2) is 18.2 Å². The third kappa shape index (κ3) is 3.38. The van der Waals surface area contributed by atoms with Gasteiger partial charge in [-0.05, 0) is 24.5 Å². The number of nitrogens with one attached hydrogen (secondary N) is 1. The van der Waals surface area contributed by atoms with Crippen LogP contribution in [0, 0.1) is 5.92 Å². The molecule has 0 aliphatic carbocycles. The van der Waals surface area contributed by atoms with Gasteiger partial charge >= 0.3 is 0 Å². The highest BCUT2D eigenvalue weighted by atomic mass is 16.6. The number of benzene rings is 1. The van der Waals surface area contributed by atoms with Gasteiger partial charge in [0.1, 0.15) is 13.2 Å². The number of carbonyl (C=O) groups excluding carboxylic acids is 1. The van der Waals surface area contributed by atoms with Gasteiger partial charge in [0.15, 0.2) is 11.5 Å². The van der Waals surface area contributed by atoms with E-state index >= 15 is 0 Å². The highest BCUT2D eigenvalue weighted by molar-refractivity contribution is 5.97. The Balaban J connectivity index is 2.03. The van der Waals surface area contributed by atoms with E-state index in [4.69, 9.17) is 14.6 Å². The van der Waals surface area contributed by atoms with Crippen LogP contribution in [0.1, 0.15) is 23.7 Å². The summed E-state index contributed by atoms with van der Waals surface area (Å²) in [6, 6.07) is 5.29. The van der Waals surface area contributed by atoms with Crippen molar-refractivity contribution in [2.45, 2.75) is 13.3 Å². The molecule has 0 saturated carbocycles. The first kappa shape index (κ1) is 13.7. The van der Waals surface area contributed by atoms with Gasteiger partial charge in [-0.1, -0.05) is 13.0 Å². The second-order valence-electron chi connectivity index (χ2n) is 4.66. The van der Waals surface area contributed by atoms with Crippen molar-refractivity contribution in [3.63, 3.8) is 0 Å². The molecule has 1 atom stereocenters. The minimum absolute atomic E-state index is 0.134. The van der Waals surface area contributed by atoms with Crippen LogP contribution >= 0.6 is 0 Å². The molecule has 0 saturated heterocycles. The summed E-state index contributed by atoms with van der Waals surface area (Å²) < 4.78 is 10.9. The first-order chi connectivity index (χ1) is 9.22. The van der Waals surface area contributed by atoms with Crippen LogP contribution in [-0.2, 0) is 0 Å². The summed E-state index contributed by atoms with van der Waals surface area (Å²) in [5, 5.41) is 11.7. The fourth-order valence-electron chi connectivity index (χ4n) is 1.94. The van der Waals surface area contributed by atoms with Gasteiger partial charge in [-0.3, -0.25) is 4.79 Å². The predicted molar refractivity (Wildman–Crippen MR) is 70.6 cm³/mol. The molecule has 2 rings (SSSR count). The van der Waals surface area contributed by atoms with E-state index in [1.54, 1.807) is 18.2 Å². The van der Waals surface area contributed by atoms with E-state index in [1.165, 1.54) is 0 Å². The molecule has 1 unspecified atom stereocenters. The number of ether oxygens (including phenoxy) is 2. The molecule has 1 aliphatic heterocycles. The van der Waals surface area contributed by atoms with E-state index < -0.39 is 0 Å². The Bertz CT molecular complexity index is 447. The molecular weight excluding hydrogens is 246 g/mol. The molecule has 5 nitrogen and oxygen atoms in total. The molecule has 1 heterocycles. The number of aliphatic hydroxyl groups excluding tert-OH is 1. The zero-order chi connectivity index (χ0) is 13.7. The van der Waals surface area contributed by atoms with Crippen LogP contribution in [0.25, 0.3) is 0 Å². The summed E-state index contributed by atoms with van der Waals surface area (Å²) >= 11 is 0. The molecule has 1 aromatic rings. The van der Waals surface area contributed by atoms with Crippen LogP contribution in [0.3, 0.4) is 0 Å². The van der Waals surface area contributed by atoms with Gasteiger partial charge in [0, 0.05) is 13.2 Å². The van der Waals surface area contributed by atoms with Crippen molar-refractivity contribution in [3.05, 3.63) is 23.8 Å². The SMILES string of the molecule is CC(CCO)CNC(=O)c1cccc2c1OCCO2. The molecule has 1 amide bonds. The Morgan fingerprint density at radius 1 is 1.42 bits per heavy atom. The molecule has 0 radical (unpaired) electrons. The van der Waals surface area contributed by atoms with Crippen LogP contribution in [0.2, 0.25) is 0 Å². The van der Waals surface area contributed by atoms with E-state index in [9.17, 15) is 4.79 Å². The molecule has 1 aliphatic rings. The van der Waals surface area contributed by atoms with Crippen molar-refractivity contribution in [2.24, 2.45) is 5.92 Å². The van der Waals surface area contributed by atoms with E-state index in [0.29, 0.717) is 43.2 Å². The molecule has 5 heteroatoms. The van der Waals surface area contributed by atoms with Gasteiger partial charge in [-0.15, -0.1) is 0 Å².